The molecule has 3 N–H and O–H groups in total. The third-order valence-electron chi connectivity index (χ3n) is 4.15. The molecule has 1 aromatic carbocycles. The van der Waals surface area contributed by atoms with Gasteiger partial charge in [0.1, 0.15) is 6.54 Å². The number of halogens is 3. The van der Waals surface area contributed by atoms with Gasteiger partial charge in [0.2, 0.25) is 0 Å². The van der Waals surface area contributed by atoms with E-state index in [0.29, 0.717) is 0 Å². The van der Waals surface area contributed by atoms with Crippen molar-refractivity contribution in [3.63, 3.8) is 0 Å². The topological polar surface area (TPSA) is 13.3 Å². The zero-order chi connectivity index (χ0) is 18.2. The van der Waals surface area contributed by atoms with Crippen molar-refractivity contribution < 1.29 is 27.9 Å². The van der Waals surface area contributed by atoms with E-state index in [1.54, 1.807) is 12.1 Å². The molecular weight excluding hydrogens is 315 g/mol. The van der Waals surface area contributed by atoms with Crippen LogP contribution in [0.15, 0.2) is 24.3 Å². The predicted octanol–water partition coefficient (Wildman–Crippen LogP) is -0.840. The highest BCUT2D eigenvalue weighted by Gasteiger charge is 2.30. The third-order valence-corrected chi connectivity index (χ3v) is 4.15. The van der Waals surface area contributed by atoms with E-state index in [-0.39, 0.29) is 0 Å². The van der Waals surface area contributed by atoms with Crippen LogP contribution in [0.25, 0.3) is 0 Å². The molecule has 0 spiro atoms. The Balaban J connectivity index is 2.61. The van der Waals surface area contributed by atoms with E-state index in [2.05, 4.69) is 28.2 Å². The second-order valence-corrected chi connectivity index (χ2v) is 7.24. The smallest absolute Gasteiger partial charge is 0.340 e. The first-order valence-corrected chi connectivity index (χ1v) is 8.76. The largest absolute Gasteiger partial charge is 0.416 e. The molecule has 0 heterocycles. The number of hydrogen-bond donors (Lipinski definition) is 3. The van der Waals surface area contributed by atoms with Crippen molar-refractivity contribution in [1.82, 2.24) is 0 Å². The Hall–Kier alpha value is -1.11. The van der Waals surface area contributed by atoms with Crippen molar-refractivity contribution in [2.24, 2.45) is 0 Å². The second-order valence-electron chi connectivity index (χ2n) is 7.24. The third kappa shape index (κ3) is 8.66. The lowest BCUT2D eigenvalue weighted by Crippen LogP contribution is -3.13. The number of alkyl halides is 3. The molecule has 0 saturated carbocycles. The van der Waals surface area contributed by atoms with Crippen molar-refractivity contribution in [1.29, 1.82) is 0 Å². The summed E-state index contributed by atoms with van der Waals surface area (Å²) in [7, 11) is 8.58. The summed E-state index contributed by atoms with van der Waals surface area (Å²) in [5.41, 5.74) is 0.410. The zero-order valence-electron chi connectivity index (χ0n) is 15.4. The normalized spacial score (nSPS) is 12.6. The van der Waals surface area contributed by atoms with E-state index in [1.165, 1.54) is 26.8 Å². The fourth-order valence-electron chi connectivity index (χ4n) is 2.79. The first-order valence-electron chi connectivity index (χ1n) is 8.76. The minimum Gasteiger partial charge on any atom is -0.340 e. The minimum atomic E-state index is -4.26. The van der Waals surface area contributed by atoms with Gasteiger partial charge in [-0.1, -0.05) is 12.1 Å². The molecule has 3 nitrogen and oxygen atoms in total. The Bertz CT molecular complexity index is 442. The van der Waals surface area contributed by atoms with Crippen molar-refractivity contribution in [2.45, 2.75) is 25.6 Å². The summed E-state index contributed by atoms with van der Waals surface area (Å²) in [5, 5.41) is 0. The van der Waals surface area contributed by atoms with E-state index in [1.807, 2.05) is 0 Å². The minimum absolute atomic E-state index is 0.569. The summed E-state index contributed by atoms with van der Waals surface area (Å²) < 4.78 is 38.0. The average Bonchev–Trinajstić information content (AvgIpc) is 2.45. The van der Waals surface area contributed by atoms with Crippen LogP contribution in [0.1, 0.15) is 24.0 Å². The molecule has 138 valence electrons. The van der Waals surface area contributed by atoms with Gasteiger partial charge in [-0.3, -0.25) is 0 Å². The highest BCUT2D eigenvalue weighted by Crippen LogP contribution is 2.28. The molecule has 0 aliphatic carbocycles. The Morgan fingerprint density at radius 1 is 0.750 bits per heavy atom. The summed E-state index contributed by atoms with van der Waals surface area (Å²) in [5.74, 6) is 0. The summed E-state index contributed by atoms with van der Waals surface area (Å²) in [4.78, 5) is 4.32. The molecule has 0 fully saturated rings. The summed E-state index contributed by atoms with van der Waals surface area (Å²) in [6, 6.07) is 5.64. The number of rotatable bonds is 10. The van der Waals surface area contributed by atoms with E-state index in [9.17, 15) is 13.2 Å². The van der Waals surface area contributed by atoms with Crippen molar-refractivity contribution >= 4 is 0 Å². The van der Waals surface area contributed by atoms with Gasteiger partial charge in [-0.15, -0.1) is 0 Å². The molecule has 0 aromatic heterocycles. The number of quaternary nitrogens is 3. The van der Waals surface area contributed by atoms with Crippen LogP contribution in [0.5, 0.6) is 0 Å². The van der Waals surface area contributed by atoms with Gasteiger partial charge in [0.15, 0.2) is 0 Å². The number of benzene rings is 1. The van der Waals surface area contributed by atoms with E-state index >= 15 is 0 Å². The Morgan fingerprint density at radius 3 is 1.58 bits per heavy atom. The van der Waals surface area contributed by atoms with Crippen LogP contribution in [0, 0.1) is 0 Å². The average molecular weight is 348 g/mol. The lowest BCUT2D eigenvalue weighted by atomic mass is 10.1. The summed E-state index contributed by atoms with van der Waals surface area (Å²) in [6.45, 7) is 5.17. The van der Waals surface area contributed by atoms with Crippen molar-refractivity contribution in [3.05, 3.63) is 35.4 Å². The molecule has 0 atom stereocenters. The van der Waals surface area contributed by atoms with Gasteiger partial charge in [0.25, 0.3) is 0 Å². The molecule has 24 heavy (non-hydrogen) atoms. The molecule has 0 aliphatic heterocycles. The molecule has 6 heteroatoms. The predicted molar refractivity (Wildman–Crippen MR) is 90.4 cm³/mol. The van der Waals surface area contributed by atoms with Crippen LogP contribution in [0.2, 0.25) is 0 Å². The molecular formula is C18H33F3N3+3. The first-order chi connectivity index (χ1) is 11.2. The summed E-state index contributed by atoms with van der Waals surface area (Å²) in [6.07, 6.45) is -1.99. The Labute approximate surface area is 144 Å². The molecule has 0 unspecified atom stereocenters. The lowest BCUT2D eigenvalue weighted by molar-refractivity contribution is -0.925. The van der Waals surface area contributed by atoms with E-state index < -0.39 is 11.7 Å². The number of nitrogens with one attached hydrogen (secondary N) is 3. The molecule has 0 radical (unpaired) electrons. The maximum Gasteiger partial charge on any atom is 0.416 e. The highest BCUT2D eigenvalue weighted by atomic mass is 19.4. The van der Waals surface area contributed by atoms with E-state index in [0.717, 1.165) is 51.1 Å². The second kappa shape index (κ2) is 10.0. The van der Waals surface area contributed by atoms with E-state index in [4.69, 9.17) is 0 Å². The Kier molecular flexibility index (Phi) is 8.73. The summed E-state index contributed by atoms with van der Waals surface area (Å²) >= 11 is 0. The van der Waals surface area contributed by atoms with Gasteiger partial charge in [-0.05, 0) is 12.1 Å². The van der Waals surface area contributed by atoms with Crippen molar-refractivity contribution in [3.8, 4) is 0 Å². The SMILES string of the molecule is C[NH+](C)CCC[NH+](CCC[NH+](C)C)Cc1ccc(C(F)(F)F)cc1. The fourth-order valence-corrected chi connectivity index (χ4v) is 2.79. The molecule has 1 aromatic rings. The van der Waals surface area contributed by atoms with Crippen molar-refractivity contribution in [2.75, 3.05) is 54.4 Å². The quantitative estimate of drug-likeness (QED) is 0.488. The van der Waals surface area contributed by atoms with Gasteiger partial charge >= 0.3 is 6.18 Å². The first kappa shape index (κ1) is 20.9. The molecule has 1 rings (SSSR count). The van der Waals surface area contributed by atoms with Gasteiger partial charge in [-0.25, -0.2) is 0 Å². The maximum atomic E-state index is 12.7. The fraction of sp³-hybridized carbons (Fsp3) is 0.667. The van der Waals surface area contributed by atoms with Gasteiger partial charge in [-0.2, -0.15) is 13.2 Å². The monoisotopic (exact) mass is 348 g/mol. The highest BCUT2D eigenvalue weighted by molar-refractivity contribution is 5.23. The van der Waals surface area contributed by atoms with Crippen LogP contribution in [0.3, 0.4) is 0 Å². The van der Waals surface area contributed by atoms with Gasteiger partial charge in [0.05, 0.1) is 59.9 Å². The molecule has 0 amide bonds. The van der Waals surface area contributed by atoms with Crippen LogP contribution in [-0.2, 0) is 12.7 Å². The van der Waals surface area contributed by atoms with Crippen LogP contribution in [0.4, 0.5) is 13.2 Å². The standard InChI is InChI=1S/C18H30F3N3/c1-22(2)11-5-13-24(14-6-12-23(3)4)15-16-7-9-17(10-8-16)18(19,20)21/h7-10H,5-6,11-15H2,1-4H3/p+3. The van der Waals surface area contributed by atoms with Gasteiger partial charge < -0.3 is 14.7 Å². The van der Waals surface area contributed by atoms with Gasteiger partial charge in [0, 0.05) is 18.4 Å². The van der Waals surface area contributed by atoms with Crippen LogP contribution >= 0.6 is 0 Å². The molecule has 0 aliphatic rings. The lowest BCUT2D eigenvalue weighted by Gasteiger charge is -2.21. The number of hydrogen-bond acceptors (Lipinski definition) is 0. The van der Waals surface area contributed by atoms with Crippen LogP contribution < -0.4 is 14.7 Å². The molecule has 0 saturated heterocycles. The zero-order valence-corrected chi connectivity index (χ0v) is 15.4. The molecule has 0 bridgehead atoms. The maximum absolute atomic E-state index is 12.7. The van der Waals surface area contributed by atoms with Crippen LogP contribution in [-0.4, -0.2) is 54.4 Å². The Morgan fingerprint density at radius 2 is 1.21 bits per heavy atom.